The molecular formula is C20H24N4O6. The molecule has 10 heteroatoms. The van der Waals surface area contributed by atoms with E-state index in [0.29, 0.717) is 34.1 Å². The molecule has 2 unspecified atom stereocenters. The van der Waals surface area contributed by atoms with Gasteiger partial charge in [0.15, 0.2) is 34.7 Å². The van der Waals surface area contributed by atoms with E-state index in [1.165, 1.54) is 28.4 Å². The number of ether oxygens (including phenoxy) is 4. The van der Waals surface area contributed by atoms with E-state index >= 15 is 0 Å². The summed E-state index contributed by atoms with van der Waals surface area (Å²) in [5.41, 5.74) is 6.40. The van der Waals surface area contributed by atoms with Gasteiger partial charge >= 0.3 is 0 Å². The van der Waals surface area contributed by atoms with Gasteiger partial charge in [-0.1, -0.05) is 12.1 Å². The summed E-state index contributed by atoms with van der Waals surface area (Å²) >= 11 is 0. The lowest BCUT2D eigenvalue weighted by molar-refractivity contribution is 0.233. The second-order valence-electron chi connectivity index (χ2n) is 6.25. The van der Waals surface area contributed by atoms with Crippen molar-refractivity contribution < 1.29 is 29.2 Å². The molecule has 2 aromatic rings. The van der Waals surface area contributed by atoms with Gasteiger partial charge in [0.25, 0.3) is 0 Å². The number of hydrogen-bond donors (Lipinski definition) is 4. The van der Waals surface area contributed by atoms with Gasteiger partial charge in [-0.25, -0.2) is 0 Å². The Balaban J connectivity index is 1.72. The average molecular weight is 416 g/mol. The molecule has 0 spiro atoms. The molecule has 1 aliphatic heterocycles. The summed E-state index contributed by atoms with van der Waals surface area (Å²) < 4.78 is 20.9. The Bertz CT molecular complexity index is 885. The summed E-state index contributed by atoms with van der Waals surface area (Å²) in [4.78, 5) is 0. The van der Waals surface area contributed by atoms with Crippen LogP contribution in [0, 0.1) is 0 Å². The molecule has 160 valence electrons. The molecule has 10 nitrogen and oxygen atoms in total. The van der Waals surface area contributed by atoms with E-state index in [1.54, 1.807) is 36.4 Å². The first-order valence-corrected chi connectivity index (χ1v) is 8.99. The van der Waals surface area contributed by atoms with Crippen LogP contribution < -0.4 is 29.8 Å². The first-order chi connectivity index (χ1) is 14.5. The Labute approximate surface area is 173 Å². The second-order valence-corrected chi connectivity index (χ2v) is 6.25. The van der Waals surface area contributed by atoms with Crippen LogP contribution in [-0.2, 0) is 0 Å². The predicted octanol–water partition coefficient (Wildman–Crippen LogP) is 1.31. The summed E-state index contributed by atoms with van der Waals surface area (Å²) in [6.07, 6.45) is -2.19. The molecule has 0 amide bonds. The number of nitrogens with one attached hydrogen (secondary N) is 2. The van der Waals surface area contributed by atoms with Gasteiger partial charge in [0, 0.05) is 0 Å². The third kappa shape index (κ3) is 4.24. The van der Waals surface area contributed by atoms with Crippen LogP contribution in [0.5, 0.6) is 23.0 Å². The van der Waals surface area contributed by atoms with Crippen molar-refractivity contribution in [2.45, 2.75) is 12.2 Å². The number of hydrogen-bond acceptors (Lipinski definition) is 10. The van der Waals surface area contributed by atoms with E-state index < -0.39 is 12.2 Å². The van der Waals surface area contributed by atoms with Crippen LogP contribution in [0.2, 0.25) is 0 Å². The SMILES string of the molecule is COc1ccc(C(O)C2=NNC(C(O)c3ccc(OC)c(OC)c3)=NN2)cc1OC. The maximum atomic E-state index is 10.6. The molecule has 0 bridgehead atoms. The summed E-state index contributed by atoms with van der Waals surface area (Å²) in [5, 5.41) is 29.4. The first-order valence-electron chi connectivity index (χ1n) is 8.99. The fourth-order valence-electron chi connectivity index (χ4n) is 2.89. The number of aliphatic hydroxyl groups is 2. The Hall–Kier alpha value is -3.50. The maximum absolute atomic E-state index is 10.6. The molecule has 1 heterocycles. The monoisotopic (exact) mass is 416 g/mol. The Morgan fingerprint density at radius 3 is 1.30 bits per heavy atom. The van der Waals surface area contributed by atoms with Crippen molar-refractivity contribution in [3.63, 3.8) is 0 Å². The van der Waals surface area contributed by atoms with Crippen LogP contribution >= 0.6 is 0 Å². The normalized spacial score (nSPS) is 15.0. The Morgan fingerprint density at radius 1 is 0.633 bits per heavy atom. The largest absolute Gasteiger partial charge is 0.493 e. The Kier molecular flexibility index (Phi) is 6.60. The third-order valence-corrected chi connectivity index (χ3v) is 4.55. The van der Waals surface area contributed by atoms with Gasteiger partial charge in [0.2, 0.25) is 0 Å². The molecule has 0 fully saturated rings. The highest BCUT2D eigenvalue weighted by molar-refractivity contribution is 5.95. The number of hydrazone groups is 2. The lowest BCUT2D eigenvalue weighted by Gasteiger charge is -2.22. The predicted molar refractivity (Wildman–Crippen MR) is 110 cm³/mol. The second kappa shape index (κ2) is 9.33. The number of benzene rings is 2. The lowest BCUT2D eigenvalue weighted by Crippen LogP contribution is -2.39. The molecule has 1 aliphatic rings. The smallest absolute Gasteiger partial charge is 0.176 e. The van der Waals surface area contributed by atoms with Crippen molar-refractivity contribution in [3.05, 3.63) is 47.5 Å². The zero-order valence-electron chi connectivity index (χ0n) is 17.0. The van der Waals surface area contributed by atoms with Crippen molar-refractivity contribution in [2.24, 2.45) is 10.2 Å². The van der Waals surface area contributed by atoms with Gasteiger partial charge in [-0.05, 0) is 35.4 Å². The fourth-order valence-corrected chi connectivity index (χ4v) is 2.89. The molecule has 4 N–H and O–H groups in total. The van der Waals surface area contributed by atoms with Gasteiger partial charge in [0.1, 0.15) is 12.2 Å². The molecule has 2 atom stereocenters. The van der Waals surface area contributed by atoms with Gasteiger partial charge in [-0.2, -0.15) is 10.2 Å². The highest BCUT2D eigenvalue weighted by Crippen LogP contribution is 2.31. The summed E-state index contributed by atoms with van der Waals surface area (Å²) in [7, 11) is 6.09. The van der Waals surface area contributed by atoms with E-state index in [9.17, 15) is 10.2 Å². The van der Waals surface area contributed by atoms with Crippen LogP contribution in [0.25, 0.3) is 0 Å². The molecule has 0 saturated carbocycles. The maximum Gasteiger partial charge on any atom is 0.176 e. The molecular weight excluding hydrogens is 392 g/mol. The number of methoxy groups -OCH3 is 4. The standard InChI is InChI=1S/C20H24N4O6/c1-27-13-7-5-11(9-15(13)29-3)17(25)19-21-23-20(24-22-19)18(26)12-6-8-14(28-2)16(10-12)30-4/h5-10,17-18,25-26H,1-4H3,(H,21,22)(H,23,24). The van der Waals surface area contributed by atoms with E-state index in [0.717, 1.165) is 0 Å². The molecule has 0 saturated heterocycles. The summed E-state index contributed by atoms with van der Waals surface area (Å²) in [6, 6.07) is 10.0. The van der Waals surface area contributed by atoms with E-state index in [4.69, 9.17) is 18.9 Å². The molecule has 2 aromatic carbocycles. The molecule has 0 aliphatic carbocycles. The van der Waals surface area contributed by atoms with Gasteiger partial charge in [-0.3, -0.25) is 10.9 Å². The quantitative estimate of drug-likeness (QED) is 0.507. The van der Waals surface area contributed by atoms with Crippen molar-refractivity contribution in [2.75, 3.05) is 28.4 Å². The van der Waals surface area contributed by atoms with E-state index in [2.05, 4.69) is 21.1 Å². The van der Waals surface area contributed by atoms with E-state index in [1.807, 2.05) is 0 Å². The van der Waals surface area contributed by atoms with Crippen molar-refractivity contribution in [3.8, 4) is 23.0 Å². The zero-order valence-corrected chi connectivity index (χ0v) is 17.0. The van der Waals surface area contributed by atoms with Crippen LogP contribution in [-0.4, -0.2) is 50.3 Å². The van der Waals surface area contributed by atoms with Crippen LogP contribution in [0.4, 0.5) is 0 Å². The molecule has 3 rings (SSSR count). The fraction of sp³-hybridized carbons (Fsp3) is 0.300. The van der Waals surface area contributed by atoms with Crippen LogP contribution in [0.1, 0.15) is 23.3 Å². The lowest BCUT2D eigenvalue weighted by atomic mass is 10.1. The minimum absolute atomic E-state index is 0.158. The molecule has 30 heavy (non-hydrogen) atoms. The first kappa shape index (κ1) is 21.2. The van der Waals surface area contributed by atoms with Gasteiger partial charge < -0.3 is 29.2 Å². The number of amidine groups is 2. The number of aliphatic hydroxyl groups excluding tert-OH is 2. The van der Waals surface area contributed by atoms with E-state index in [-0.39, 0.29) is 11.7 Å². The van der Waals surface area contributed by atoms with Crippen molar-refractivity contribution in [1.29, 1.82) is 0 Å². The summed E-state index contributed by atoms with van der Waals surface area (Å²) in [6.45, 7) is 0. The highest BCUT2D eigenvalue weighted by Gasteiger charge is 2.24. The molecule has 0 aromatic heterocycles. The number of rotatable bonds is 8. The highest BCUT2D eigenvalue weighted by atomic mass is 16.5. The topological polar surface area (TPSA) is 126 Å². The minimum Gasteiger partial charge on any atom is -0.493 e. The van der Waals surface area contributed by atoms with Gasteiger partial charge in [0.05, 0.1) is 28.4 Å². The van der Waals surface area contributed by atoms with Crippen LogP contribution in [0.3, 0.4) is 0 Å². The zero-order chi connectivity index (χ0) is 21.7. The molecule has 0 radical (unpaired) electrons. The van der Waals surface area contributed by atoms with Gasteiger partial charge in [-0.15, -0.1) is 0 Å². The van der Waals surface area contributed by atoms with Crippen molar-refractivity contribution >= 4 is 11.7 Å². The number of nitrogens with zero attached hydrogens (tertiary/aromatic N) is 2. The van der Waals surface area contributed by atoms with Crippen LogP contribution in [0.15, 0.2) is 46.6 Å². The average Bonchev–Trinajstić information content (AvgIpc) is 2.82. The minimum atomic E-state index is -1.10. The third-order valence-electron chi connectivity index (χ3n) is 4.55. The summed E-state index contributed by atoms with van der Waals surface area (Å²) in [5.74, 6) is 2.36. The van der Waals surface area contributed by atoms with Crippen molar-refractivity contribution in [1.82, 2.24) is 10.9 Å². The Morgan fingerprint density at radius 2 is 1.00 bits per heavy atom.